The molecule has 0 aliphatic rings. The van der Waals surface area contributed by atoms with E-state index in [0.29, 0.717) is 35.9 Å². The summed E-state index contributed by atoms with van der Waals surface area (Å²) in [5.41, 5.74) is 3.84. The second-order valence-corrected chi connectivity index (χ2v) is 7.60. The number of ether oxygens (including phenoxy) is 1. The molecule has 2 N–H and O–H groups in total. The van der Waals surface area contributed by atoms with Gasteiger partial charge in [0.2, 0.25) is 10.0 Å². The number of phenolic OH excluding ortho intramolecular Hbond substituents is 1. The van der Waals surface area contributed by atoms with Crippen molar-refractivity contribution in [3.8, 4) is 11.5 Å². The van der Waals surface area contributed by atoms with Gasteiger partial charge in [-0.25, -0.2) is 13.4 Å². The van der Waals surface area contributed by atoms with Gasteiger partial charge in [0.15, 0.2) is 0 Å². The summed E-state index contributed by atoms with van der Waals surface area (Å²) in [7, 11) is -2.02. The lowest BCUT2D eigenvalue weighted by molar-refractivity contribution is 0.407. The molecular weight excluding hydrogens is 368 g/mol. The predicted molar refractivity (Wildman–Crippen MR) is 105 cm³/mol. The Kier molecular flexibility index (Phi) is 6.75. The van der Waals surface area contributed by atoms with Crippen LogP contribution in [0.3, 0.4) is 0 Å². The number of hydrogen-bond donors (Lipinski definition) is 2. The van der Waals surface area contributed by atoms with E-state index in [2.05, 4.69) is 15.5 Å². The van der Waals surface area contributed by atoms with Gasteiger partial charge < -0.3 is 9.84 Å². The molecule has 146 valence electrons. The van der Waals surface area contributed by atoms with E-state index in [-0.39, 0.29) is 10.6 Å². The normalized spacial score (nSPS) is 12.3. The molecule has 0 atom stereocenters. The summed E-state index contributed by atoms with van der Waals surface area (Å²) in [6.45, 7) is 6.10. The molecule has 8 nitrogen and oxygen atoms in total. The molecule has 1 aromatic heterocycles. The number of anilines is 1. The van der Waals surface area contributed by atoms with E-state index in [1.807, 2.05) is 0 Å². The second-order valence-electron chi connectivity index (χ2n) is 5.66. The van der Waals surface area contributed by atoms with Crippen LogP contribution in [0.1, 0.15) is 26.3 Å². The summed E-state index contributed by atoms with van der Waals surface area (Å²) < 4.78 is 31.3. The maximum absolute atomic E-state index is 12.4. The summed E-state index contributed by atoms with van der Waals surface area (Å²) >= 11 is 0. The van der Waals surface area contributed by atoms with Crippen LogP contribution >= 0.6 is 0 Å². The number of aromatic nitrogens is 1. The van der Waals surface area contributed by atoms with Crippen molar-refractivity contribution < 1.29 is 18.3 Å². The maximum atomic E-state index is 12.4. The lowest BCUT2D eigenvalue weighted by Gasteiger charge is -2.18. The van der Waals surface area contributed by atoms with Gasteiger partial charge in [0.25, 0.3) is 0 Å². The SMILES string of the molecule is CCN(CC)S(=O)(=O)c1ccc(NN=C(C)c2ccc(OC)cc2O)nc1. The van der Waals surface area contributed by atoms with Gasteiger partial charge in [0.05, 0.1) is 12.8 Å². The fourth-order valence-electron chi connectivity index (χ4n) is 2.46. The number of nitrogens with zero attached hydrogens (tertiary/aromatic N) is 3. The van der Waals surface area contributed by atoms with E-state index >= 15 is 0 Å². The van der Waals surface area contributed by atoms with Gasteiger partial charge in [0.1, 0.15) is 22.2 Å². The standard InChI is InChI=1S/C18H24N4O4S/c1-5-22(6-2)27(24,25)15-8-10-18(19-12-15)21-20-13(3)16-9-7-14(26-4)11-17(16)23/h7-12,23H,5-6H2,1-4H3,(H,19,21). The minimum Gasteiger partial charge on any atom is -0.507 e. The fourth-order valence-corrected chi connectivity index (χ4v) is 3.86. The van der Waals surface area contributed by atoms with Crippen molar-refractivity contribution in [2.45, 2.75) is 25.7 Å². The van der Waals surface area contributed by atoms with Crippen LogP contribution in [0.15, 0.2) is 46.5 Å². The van der Waals surface area contributed by atoms with E-state index in [1.165, 1.54) is 29.7 Å². The molecule has 0 fully saturated rings. The Morgan fingerprint density at radius 3 is 2.48 bits per heavy atom. The van der Waals surface area contributed by atoms with Gasteiger partial charge in [-0.3, -0.25) is 5.43 Å². The number of benzene rings is 1. The molecular formula is C18H24N4O4S. The van der Waals surface area contributed by atoms with Crippen LogP contribution in [-0.4, -0.2) is 48.7 Å². The highest BCUT2D eigenvalue weighted by Gasteiger charge is 2.21. The van der Waals surface area contributed by atoms with E-state index in [1.54, 1.807) is 39.0 Å². The van der Waals surface area contributed by atoms with Crippen molar-refractivity contribution >= 4 is 21.6 Å². The molecule has 0 aliphatic carbocycles. The minimum atomic E-state index is -3.54. The molecule has 0 saturated carbocycles. The van der Waals surface area contributed by atoms with Crippen molar-refractivity contribution in [3.63, 3.8) is 0 Å². The van der Waals surface area contributed by atoms with Gasteiger partial charge in [-0.1, -0.05) is 13.8 Å². The molecule has 0 spiro atoms. The number of hydrazone groups is 1. The van der Waals surface area contributed by atoms with Crippen LogP contribution in [-0.2, 0) is 10.0 Å². The first-order chi connectivity index (χ1) is 12.8. The molecule has 0 unspecified atom stereocenters. The molecule has 0 amide bonds. The minimum absolute atomic E-state index is 0.0472. The average molecular weight is 392 g/mol. The molecule has 2 rings (SSSR count). The highest BCUT2D eigenvalue weighted by Crippen LogP contribution is 2.24. The average Bonchev–Trinajstić information content (AvgIpc) is 2.67. The molecule has 9 heteroatoms. The lowest BCUT2D eigenvalue weighted by Crippen LogP contribution is -2.30. The Labute approximate surface area is 159 Å². The maximum Gasteiger partial charge on any atom is 0.244 e. The molecule has 0 bridgehead atoms. The number of aromatic hydroxyl groups is 1. The van der Waals surface area contributed by atoms with Gasteiger partial charge in [-0.05, 0) is 31.2 Å². The van der Waals surface area contributed by atoms with E-state index in [0.717, 1.165) is 0 Å². The monoisotopic (exact) mass is 392 g/mol. The van der Waals surface area contributed by atoms with Crippen LogP contribution in [0.25, 0.3) is 0 Å². The highest BCUT2D eigenvalue weighted by atomic mass is 32.2. The summed E-state index contributed by atoms with van der Waals surface area (Å²) in [5.74, 6) is 0.982. The molecule has 0 saturated heterocycles. The number of phenols is 1. The molecule has 27 heavy (non-hydrogen) atoms. The second kappa shape index (κ2) is 8.83. The Morgan fingerprint density at radius 2 is 1.96 bits per heavy atom. The first kappa shape index (κ1) is 20.7. The zero-order valence-electron chi connectivity index (χ0n) is 15.8. The first-order valence-corrected chi connectivity index (χ1v) is 9.91. The number of nitrogens with one attached hydrogen (secondary N) is 1. The Bertz CT molecular complexity index is 907. The van der Waals surface area contributed by atoms with E-state index in [4.69, 9.17) is 4.74 Å². The van der Waals surface area contributed by atoms with Crippen molar-refractivity contribution in [2.75, 3.05) is 25.6 Å². The van der Waals surface area contributed by atoms with Gasteiger partial charge in [-0.15, -0.1) is 0 Å². The fraction of sp³-hybridized carbons (Fsp3) is 0.333. The molecule has 2 aromatic rings. The van der Waals surface area contributed by atoms with Crippen molar-refractivity contribution in [1.82, 2.24) is 9.29 Å². The largest absolute Gasteiger partial charge is 0.507 e. The van der Waals surface area contributed by atoms with Crippen LogP contribution in [0.2, 0.25) is 0 Å². The van der Waals surface area contributed by atoms with Crippen molar-refractivity contribution in [3.05, 3.63) is 42.1 Å². The van der Waals surface area contributed by atoms with Gasteiger partial charge >= 0.3 is 0 Å². The third-order valence-electron chi connectivity index (χ3n) is 4.01. The molecule has 0 radical (unpaired) electrons. The third kappa shape index (κ3) is 4.75. The summed E-state index contributed by atoms with van der Waals surface area (Å²) in [5, 5.41) is 14.2. The zero-order valence-corrected chi connectivity index (χ0v) is 16.6. The Morgan fingerprint density at radius 1 is 1.26 bits per heavy atom. The quantitative estimate of drug-likeness (QED) is 0.529. The lowest BCUT2D eigenvalue weighted by atomic mass is 10.1. The van der Waals surface area contributed by atoms with Gasteiger partial charge in [0, 0.05) is 30.9 Å². The summed E-state index contributed by atoms with van der Waals surface area (Å²) in [6, 6.07) is 7.94. The third-order valence-corrected chi connectivity index (χ3v) is 6.05. The summed E-state index contributed by atoms with van der Waals surface area (Å²) in [6.07, 6.45) is 1.30. The number of hydrogen-bond acceptors (Lipinski definition) is 7. The van der Waals surface area contributed by atoms with Crippen LogP contribution in [0, 0.1) is 0 Å². The van der Waals surface area contributed by atoms with Crippen LogP contribution < -0.4 is 10.2 Å². The van der Waals surface area contributed by atoms with E-state index < -0.39 is 10.0 Å². The van der Waals surface area contributed by atoms with Crippen molar-refractivity contribution in [2.24, 2.45) is 5.10 Å². The number of sulfonamides is 1. The number of pyridine rings is 1. The smallest absolute Gasteiger partial charge is 0.244 e. The van der Waals surface area contributed by atoms with Crippen molar-refractivity contribution in [1.29, 1.82) is 0 Å². The van der Waals surface area contributed by atoms with Gasteiger partial charge in [-0.2, -0.15) is 9.41 Å². The Hall–Kier alpha value is -2.65. The number of rotatable bonds is 8. The molecule has 0 aliphatic heterocycles. The highest BCUT2D eigenvalue weighted by molar-refractivity contribution is 7.89. The summed E-state index contributed by atoms with van der Waals surface area (Å²) in [4.78, 5) is 4.23. The molecule has 1 heterocycles. The van der Waals surface area contributed by atoms with E-state index in [9.17, 15) is 13.5 Å². The topological polar surface area (TPSA) is 104 Å². The number of methoxy groups -OCH3 is 1. The van der Waals surface area contributed by atoms with Crippen LogP contribution in [0.5, 0.6) is 11.5 Å². The van der Waals surface area contributed by atoms with Crippen LogP contribution in [0.4, 0.5) is 5.82 Å². The molecule has 1 aromatic carbocycles. The first-order valence-electron chi connectivity index (χ1n) is 8.47. The zero-order chi connectivity index (χ0) is 20.0. The Balaban J connectivity index is 2.16. The predicted octanol–water partition coefficient (Wildman–Crippen LogP) is 2.66.